The van der Waals surface area contributed by atoms with Gasteiger partial charge >= 0.3 is 0 Å². The number of carbonyl (C=O) groups excluding carboxylic acids is 1. The number of amides is 1. The van der Waals surface area contributed by atoms with E-state index in [-0.39, 0.29) is 27.1 Å². The van der Waals surface area contributed by atoms with Gasteiger partial charge in [0, 0.05) is 16.5 Å². The van der Waals surface area contributed by atoms with Crippen LogP contribution in [-0.4, -0.2) is 11.0 Å². The molecular weight excluding hydrogens is 326 g/mol. The van der Waals surface area contributed by atoms with Gasteiger partial charge in [0.25, 0.3) is 0 Å². The molecule has 0 saturated carbocycles. The maximum absolute atomic E-state index is 13.5. The molecule has 0 aliphatic carbocycles. The van der Waals surface area contributed by atoms with E-state index in [1.54, 1.807) is 13.8 Å². The number of thiocarbonyl (C=S) groups is 1. The maximum atomic E-state index is 13.5. The minimum absolute atomic E-state index is 0.0227. The summed E-state index contributed by atoms with van der Waals surface area (Å²) < 4.78 is 26.5. The fourth-order valence-electron chi connectivity index (χ4n) is 1.06. The lowest BCUT2D eigenvalue weighted by molar-refractivity contribution is -0.122. The summed E-state index contributed by atoms with van der Waals surface area (Å²) in [7, 11) is 0. The zero-order valence-corrected chi connectivity index (χ0v) is 12.1. The molecule has 0 fully saturated rings. The van der Waals surface area contributed by atoms with E-state index in [2.05, 4.69) is 26.6 Å². The average molecular weight is 337 g/mol. The van der Waals surface area contributed by atoms with Crippen LogP contribution in [0.3, 0.4) is 0 Å². The molecular formula is C11H11BrF2N2OS. The summed E-state index contributed by atoms with van der Waals surface area (Å²) >= 11 is 7.87. The summed E-state index contributed by atoms with van der Waals surface area (Å²) in [4.78, 5) is 11.4. The van der Waals surface area contributed by atoms with Crippen LogP contribution in [0.2, 0.25) is 0 Å². The highest BCUT2D eigenvalue weighted by atomic mass is 79.9. The summed E-state index contributed by atoms with van der Waals surface area (Å²) in [6.07, 6.45) is 0. The standard InChI is InChI=1S/C11H11BrF2N2OS/c1-5(2)10(17)16-11(18)15-9-7(12)3-6(13)4-8(9)14/h3-5H,1-2H3,(H2,15,16,17,18). The van der Waals surface area contributed by atoms with Crippen molar-refractivity contribution in [1.29, 1.82) is 0 Å². The molecule has 2 N–H and O–H groups in total. The highest BCUT2D eigenvalue weighted by Gasteiger charge is 2.13. The van der Waals surface area contributed by atoms with Crippen molar-refractivity contribution in [1.82, 2.24) is 5.32 Å². The van der Waals surface area contributed by atoms with E-state index in [4.69, 9.17) is 12.2 Å². The molecule has 18 heavy (non-hydrogen) atoms. The van der Waals surface area contributed by atoms with E-state index in [1.165, 1.54) is 0 Å². The van der Waals surface area contributed by atoms with E-state index < -0.39 is 11.6 Å². The molecule has 1 aromatic carbocycles. The second kappa shape index (κ2) is 6.19. The summed E-state index contributed by atoms with van der Waals surface area (Å²) in [6, 6.07) is 1.82. The lowest BCUT2D eigenvalue weighted by Crippen LogP contribution is -2.37. The molecule has 0 aliphatic heterocycles. The average Bonchev–Trinajstić information content (AvgIpc) is 2.23. The third-order valence-electron chi connectivity index (χ3n) is 2.01. The van der Waals surface area contributed by atoms with Gasteiger partial charge in [0.05, 0.1) is 5.69 Å². The van der Waals surface area contributed by atoms with Crippen LogP contribution in [0.5, 0.6) is 0 Å². The SMILES string of the molecule is CC(C)C(=O)NC(=S)Nc1c(F)cc(F)cc1Br. The Balaban J connectivity index is 2.80. The van der Waals surface area contributed by atoms with E-state index >= 15 is 0 Å². The Morgan fingerprint density at radius 3 is 2.50 bits per heavy atom. The summed E-state index contributed by atoms with van der Waals surface area (Å²) in [5.41, 5.74) is -0.0227. The third-order valence-corrected chi connectivity index (χ3v) is 2.84. The van der Waals surface area contributed by atoms with Crippen LogP contribution >= 0.6 is 28.1 Å². The molecule has 0 unspecified atom stereocenters. The minimum Gasteiger partial charge on any atom is -0.329 e. The van der Waals surface area contributed by atoms with Crippen molar-refractivity contribution in [3.8, 4) is 0 Å². The van der Waals surface area contributed by atoms with Crippen molar-refractivity contribution < 1.29 is 13.6 Å². The van der Waals surface area contributed by atoms with Crippen molar-refractivity contribution in [2.75, 3.05) is 5.32 Å². The number of anilines is 1. The molecule has 0 bridgehead atoms. The van der Waals surface area contributed by atoms with Crippen LogP contribution in [-0.2, 0) is 4.79 Å². The number of benzene rings is 1. The van der Waals surface area contributed by atoms with Crippen LogP contribution in [0.15, 0.2) is 16.6 Å². The van der Waals surface area contributed by atoms with Gasteiger partial charge in [-0.1, -0.05) is 13.8 Å². The van der Waals surface area contributed by atoms with Crippen molar-refractivity contribution >= 4 is 44.9 Å². The number of hydrogen-bond donors (Lipinski definition) is 2. The minimum atomic E-state index is -0.803. The van der Waals surface area contributed by atoms with Gasteiger partial charge in [0.1, 0.15) is 5.82 Å². The van der Waals surface area contributed by atoms with Crippen molar-refractivity contribution in [2.45, 2.75) is 13.8 Å². The molecule has 7 heteroatoms. The van der Waals surface area contributed by atoms with Crippen LogP contribution in [0.4, 0.5) is 14.5 Å². The molecule has 0 heterocycles. The molecule has 0 aliphatic rings. The predicted molar refractivity (Wildman–Crippen MR) is 73.3 cm³/mol. The van der Waals surface area contributed by atoms with Gasteiger partial charge in [-0.3, -0.25) is 4.79 Å². The lowest BCUT2D eigenvalue weighted by Gasteiger charge is -2.13. The Hall–Kier alpha value is -1.08. The molecule has 3 nitrogen and oxygen atoms in total. The number of hydrogen-bond acceptors (Lipinski definition) is 2. The first-order valence-electron chi connectivity index (χ1n) is 5.07. The van der Waals surface area contributed by atoms with Gasteiger partial charge in [-0.25, -0.2) is 8.78 Å². The first kappa shape index (κ1) is 15.0. The molecule has 98 valence electrons. The van der Waals surface area contributed by atoms with Crippen LogP contribution in [0, 0.1) is 17.6 Å². The van der Waals surface area contributed by atoms with Gasteiger partial charge in [0.15, 0.2) is 10.9 Å². The van der Waals surface area contributed by atoms with Gasteiger partial charge in [-0.05, 0) is 34.2 Å². The first-order chi connectivity index (χ1) is 8.31. The first-order valence-corrected chi connectivity index (χ1v) is 6.27. The van der Waals surface area contributed by atoms with Crippen molar-refractivity contribution in [3.63, 3.8) is 0 Å². The molecule has 1 aromatic rings. The molecule has 0 atom stereocenters. The number of carbonyl (C=O) groups is 1. The van der Waals surface area contributed by atoms with Gasteiger partial charge in [-0.15, -0.1) is 0 Å². The Kier molecular flexibility index (Phi) is 5.15. The molecule has 1 rings (SSSR count). The highest BCUT2D eigenvalue weighted by Crippen LogP contribution is 2.26. The maximum Gasteiger partial charge on any atom is 0.228 e. The van der Waals surface area contributed by atoms with E-state index in [0.717, 1.165) is 12.1 Å². The smallest absolute Gasteiger partial charge is 0.228 e. The quantitative estimate of drug-likeness (QED) is 0.815. The highest BCUT2D eigenvalue weighted by molar-refractivity contribution is 9.10. The summed E-state index contributed by atoms with van der Waals surface area (Å²) in [6.45, 7) is 3.40. The fraction of sp³-hybridized carbons (Fsp3) is 0.273. The third kappa shape index (κ3) is 3.99. The lowest BCUT2D eigenvalue weighted by atomic mass is 10.2. The van der Waals surface area contributed by atoms with Crippen molar-refractivity contribution in [3.05, 3.63) is 28.2 Å². The van der Waals surface area contributed by atoms with Gasteiger partial charge in [0.2, 0.25) is 5.91 Å². The number of rotatable bonds is 2. The molecule has 0 saturated heterocycles. The van der Waals surface area contributed by atoms with Gasteiger partial charge < -0.3 is 10.6 Å². The Morgan fingerprint density at radius 2 is 2.00 bits per heavy atom. The van der Waals surface area contributed by atoms with Crippen LogP contribution in [0.25, 0.3) is 0 Å². The van der Waals surface area contributed by atoms with E-state index in [0.29, 0.717) is 0 Å². The van der Waals surface area contributed by atoms with Crippen LogP contribution in [0.1, 0.15) is 13.8 Å². The topological polar surface area (TPSA) is 41.1 Å². The van der Waals surface area contributed by atoms with Crippen LogP contribution < -0.4 is 10.6 Å². The summed E-state index contributed by atoms with van der Waals surface area (Å²) in [5, 5.41) is 4.86. The second-order valence-electron chi connectivity index (χ2n) is 3.84. The fourth-order valence-corrected chi connectivity index (χ4v) is 1.77. The van der Waals surface area contributed by atoms with E-state index in [9.17, 15) is 13.6 Å². The number of nitrogens with one attached hydrogen (secondary N) is 2. The molecule has 0 spiro atoms. The second-order valence-corrected chi connectivity index (χ2v) is 5.11. The monoisotopic (exact) mass is 336 g/mol. The van der Waals surface area contributed by atoms with E-state index in [1.807, 2.05) is 0 Å². The summed E-state index contributed by atoms with van der Waals surface area (Å²) in [5.74, 6) is -2.04. The predicted octanol–water partition coefficient (Wildman–Crippen LogP) is 3.20. The molecule has 0 aromatic heterocycles. The Labute approximate surface area is 117 Å². The Morgan fingerprint density at radius 1 is 1.39 bits per heavy atom. The normalized spacial score (nSPS) is 10.3. The zero-order chi connectivity index (χ0) is 13.9. The zero-order valence-electron chi connectivity index (χ0n) is 9.68. The molecule has 0 radical (unpaired) electrons. The van der Waals surface area contributed by atoms with Gasteiger partial charge in [-0.2, -0.15) is 0 Å². The Bertz CT molecular complexity index is 471. The number of halogens is 3. The molecule has 1 amide bonds. The largest absolute Gasteiger partial charge is 0.329 e. The van der Waals surface area contributed by atoms with Crippen molar-refractivity contribution in [2.24, 2.45) is 5.92 Å².